The van der Waals surface area contributed by atoms with Crippen LogP contribution in [0.1, 0.15) is 16.1 Å². The van der Waals surface area contributed by atoms with Crippen LogP contribution in [-0.4, -0.2) is 13.1 Å². The lowest BCUT2D eigenvalue weighted by Gasteiger charge is -1.97. The van der Waals surface area contributed by atoms with Gasteiger partial charge < -0.3 is 14.9 Å². The fourth-order valence-corrected chi connectivity index (χ4v) is 1.59. The molecule has 0 aliphatic rings. The number of fused-ring (bicyclic) bond motifs is 1. The normalized spacial score (nSPS) is 10.5. The first-order valence-corrected chi connectivity index (χ1v) is 4.50. The van der Waals surface area contributed by atoms with Crippen LogP contribution in [0.2, 0.25) is 0 Å². The van der Waals surface area contributed by atoms with Crippen molar-refractivity contribution in [1.82, 2.24) is 0 Å². The van der Waals surface area contributed by atoms with Gasteiger partial charge in [0.1, 0.15) is 16.9 Å². The molecule has 4 nitrogen and oxygen atoms in total. The van der Waals surface area contributed by atoms with Crippen LogP contribution in [-0.2, 0) is 4.74 Å². The zero-order valence-electron chi connectivity index (χ0n) is 8.53. The molecular weight excluding hydrogens is 194 g/mol. The molecule has 1 aromatic carbocycles. The molecule has 0 saturated heterocycles. The lowest BCUT2D eigenvalue weighted by molar-refractivity contribution is 0.0601. The van der Waals surface area contributed by atoms with E-state index in [1.165, 1.54) is 7.11 Å². The van der Waals surface area contributed by atoms with E-state index >= 15 is 0 Å². The molecule has 1 aromatic heterocycles. The summed E-state index contributed by atoms with van der Waals surface area (Å²) in [5.41, 5.74) is 7.33. The summed E-state index contributed by atoms with van der Waals surface area (Å²) in [6.07, 6.45) is 0. The summed E-state index contributed by atoms with van der Waals surface area (Å²) < 4.78 is 10.1. The summed E-state index contributed by atoms with van der Waals surface area (Å²) in [5.74, 6) is 0.138. The van der Waals surface area contributed by atoms with E-state index in [2.05, 4.69) is 4.74 Å². The van der Waals surface area contributed by atoms with E-state index in [9.17, 15) is 4.79 Å². The second kappa shape index (κ2) is 3.31. The summed E-state index contributed by atoms with van der Waals surface area (Å²) >= 11 is 0. The molecule has 0 atom stereocenters. The predicted molar refractivity (Wildman–Crippen MR) is 56.7 cm³/mol. The fourth-order valence-electron chi connectivity index (χ4n) is 1.59. The van der Waals surface area contributed by atoms with Gasteiger partial charge in [-0.2, -0.15) is 0 Å². The fraction of sp³-hybridized carbons (Fsp3) is 0.182. The topological polar surface area (TPSA) is 65.5 Å². The highest BCUT2D eigenvalue weighted by Crippen LogP contribution is 2.27. The standard InChI is InChI=1S/C11H11NO3/c1-6-10(11(13)14-2)8-5-7(12)3-4-9(8)15-6/h3-5H,12H2,1-2H3. The Kier molecular flexibility index (Phi) is 2.11. The van der Waals surface area contributed by atoms with Crippen LogP contribution in [0.15, 0.2) is 22.6 Å². The van der Waals surface area contributed by atoms with E-state index in [0.29, 0.717) is 28.0 Å². The lowest BCUT2D eigenvalue weighted by Crippen LogP contribution is -2.01. The Bertz CT molecular complexity index is 528. The van der Waals surface area contributed by atoms with Crippen LogP contribution in [0.3, 0.4) is 0 Å². The highest BCUT2D eigenvalue weighted by atomic mass is 16.5. The first kappa shape index (κ1) is 9.58. The highest BCUT2D eigenvalue weighted by Gasteiger charge is 2.18. The van der Waals surface area contributed by atoms with Crippen molar-refractivity contribution in [3.05, 3.63) is 29.5 Å². The van der Waals surface area contributed by atoms with Gasteiger partial charge in [0.25, 0.3) is 0 Å². The minimum Gasteiger partial charge on any atom is -0.465 e. The molecule has 0 fully saturated rings. The maximum Gasteiger partial charge on any atom is 0.342 e. The van der Waals surface area contributed by atoms with Crippen LogP contribution >= 0.6 is 0 Å². The smallest absolute Gasteiger partial charge is 0.342 e. The average molecular weight is 205 g/mol. The number of hydrogen-bond donors (Lipinski definition) is 1. The molecule has 2 N–H and O–H groups in total. The number of hydrogen-bond acceptors (Lipinski definition) is 4. The largest absolute Gasteiger partial charge is 0.465 e. The van der Waals surface area contributed by atoms with Gasteiger partial charge in [-0.3, -0.25) is 0 Å². The molecule has 2 aromatic rings. The maximum atomic E-state index is 11.5. The molecule has 0 saturated carbocycles. The zero-order chi connectivity index (χ0) is 11.0. The second-order valence-corrected chi connectivity index (χ2v) is 3.28. The van der Waals surface area contributed by atoms with Crippen molar-refractivity contribution >= 4 is 22.6 Å². The monoisotopic (exact) mass is 205 g/mol. The number of methoxy groups -OCH3 is 1. The van der Waals surface area contributed by atoms with Gasteiger partial charge in [-0.15, -0.1) is 0 Å². The van der Waals surface area contributed by atoms with Gasteiger partial charge in [0.15, 0.2) is 0 Å². The predicted octanol–water partition coefficient (Wildman–Crippen LogP) is 2.11. The first-order chi connectivity index (χ1) is 7.13. The van der Waals surface area contributed by atoms with E-state index in [1.807, 2.05) is 0 Å². The van der Waals surface area contributed by atoms with Crippen LogP contribution in [0.25, 0.3) is 11.0 Å². The summed E-state index contributed by atoms with van der Waals surface area (Å²) in [4.78, 5) is 11.5. The third kappa shape index (κ3) is 1.44. The van der Waals surface area contributed by atoms with Gasteiger partial charge in [0, 0.05) is 11.1 Å². The number of benzene rings is 1. The quantitative estimate of drug-likeness (QED) is 0.572. The number of nitrogens with two attached hydrogens (primary N) is 1. The number of ether oxygens (including phenoxy) is 1. The number of rotatable bonds is 1. The molecule has 78 valence electrons. The molecule has 1 heterocycles. The summed E-state index contributed by atoms with van der Waals surface area (Å²) in [6, 6.07) is 5.18. The number of carbonyl (C=O) groups excluding carboxylic acids is 1. The third-order valence-corrected chi connectivity index (χ3v) is 2.28. The minimum atomic E-state index is -0.406. The molecule has 4 heteroatoms. The summed E-state index contributed by atoms with van der Waals surface area (Å²) in [7, 11) is 1.34. The number of anilines is 1. The van der Waals surface area contributed by atoms with E-state index in [4.69, 9.17) is 10.2 Å². The molecule has 0 aliphatic carbocycles. The van der Waals surface area contributed by atoms with Gasteiger partial charge in [-0.05, 0) is 25.1 Å². The molecule has 15 heavy (non-hydrogen) atoms. The third-order valence-electron chi connectivity index (χ3n) is 2.28. The SMILES string of the molecule is COC(=O)c1c(C)oc2ccc(N)cc12. The summed E-state index contributed by atoms with van der Waals surface area (Å²) in [5, 5.41) is 0.694. The van der Waals surface area contributed by atoms with Crippen molar-refractivity contribution in [2.75, 3.05) is 12.8 Å². The Hall–Kier alpha value is -1.97. The zero-order valence-corrected chi connectivity index (χ0v) is 8.53. The number of aryl methyl sites for hydroxylation is 1. The van der Waals surface area contributed by atoms with Gasteiger partial charge in [0.05, 0.1) is 7.11 Å². The van der Waals surface area contributed by atoms with Crippen molar-refractivity contribution in [2.24, 2.45) is 0 Å². The molecule has 0 bridgehead atoms. The van der Waals surface area contributed by atoms with Crippen molar-refractivity contribution in [2.45, 2.75) is 6.92 Å². The Balaban J connectivity index is 2.76. The van der Waals surface area contributed by atoms with E-state index in [0.717, 1.165) is 0 Å². The lowest BCUT2D eigenvalue weighted by atomic mass is 10.1. The minimum absolute atomic E-state index is 0.406. The average Bonchev–Trinajstić information content (AvgIpc) is 2.52. The maximum absolute atomic E-state index is 11.5. The van der Waals surface area contributed by atoms with Gasteiger partial charge >= 0.3 is 5.97 Å². The van der Waals surface area contributed by atoms with Crippen LogP contribution in [0, 0.1) is 6.92 Å². The summed E-state index contributed by atoms with van der Waals surface area (Å²) in [6.45, 7) is 1.72. The van der Waals surface area contributed by atoms with E-state index < -0.39 is 5.97 Å². The van der Waals surface area contributed by atoms with Crippen LogP contribution in [0.5, 0.6) is 0 Å². The van der Waals surface area contributed by atoms with Crippen molar-refractivity contribution in [1.29, 1.82) is 0 Å². The first-order valence-electron chi connectivity index (χ1n) is 4.50. The van der Waals surface area contributed by atoms with Crippen molar-refractivity contribution in [3.63, 3.8) is 0 Å². The molecular formula is C11H11NO3. The Morgan fingerprint density at radius 1 is 1.47 bits per heavy atom. The van der Waals surface area contributed by atoms with Crippen molar-refractivity contribution < 1.29 is 13.9 Å². The van der Waals surface area contributed by atoms with E-state index in [-0.39, 0.29) is 0 Å². The molecule has 0 aliphatic heterocycles. The Labute approximate surface area is 86.6 Å². The van der Waals surface area contributed by atoms with Gasteiger partial charge in [-0.25, -0.2) is 4.79 Å². The molecule has 0 amide bonds. The number of nitrogen functional groups attached to an aromatic ring is 1. The Morgan fingerprint density at radius 2 is 2.20 bits per heavy atom. The number of carbonyl (C=O) groups is 1. The van der Waals surface area contributed by atoms with Gasteiger partial charge in [0.2, 0.25) is 0 Å². The van der Waals surface area contributed by atoms with Crippen LogP contribution in [0.4, 0.5) is 5.69 Å². The Morgan fingerprint density at radius 3 is 2.87 bits per heavy atom. The number of esters is 1. The van der Waals surface area contributed by atoms with Gasteiger partial charge in [-0.1, -0.05) is 0 Å². The second-order valence-electron chi connectivity index (χ2n) is 3.28. The molecule has 0 spiro atoms. The van der Waals surface area contributed by atoms with Crippen LogP contribution < -0.4 is 5.73 Å². The number of furan rings is 1. The molecule has 2 rings (SSSR count). The van der Waals surface area contributed by atoms with E-state index in [1.54, 1.807) is 25.1 Å². The molecule has 0 unspecified atom stereocenters. The highest BCUT2D eigenvalue weighted by molar-refractivity contribution is 6.05. The van der Waals surface area contributed by atoms with Crippen molar-refractivity contribution in [3.8, 4) is 0 Å². The molecule has 0 radical (unpaired) electrons.